The zero-order valence-corrected chi connectivity index (χ0v) is 11.3. The number of hydrogen-bond donors (Lipinski definition) is 3. The Labute approximate surface area is 121 Å². The Balaban J connectivity index is 1.71. The van der Waals surface area contributed by atoms with Gasteiger partial charge in [-0.2, -0.15) is 0 Å². The molecule has 1 amide bonds. The molecule has 3 rings (SSSR count). The molecule has 4 N–H and O–H groups in total. The minimum Gasteiger partial charge on any atom is -0.361 e. The summed E-state index contributed by atoms with van der Waals surface area (Å²) < 4.78 is 0. The van der Waals surface area contributed by atoms with Crippen LogP contribution in [0.4, 0.5) is 5.95 Å². The fraction of sp³-hybridized carbons (Fsp3) is 0.133. The number of aromatic amines is 1. The first-order chi connectivity index (χ1) is 10.2. The molecule has 1 aromatic carbocycles. The lowest BCUT2D eigenvalue weighted by Crippen LogP contribution is -2.37. The molecule has 0 aliphatic carbocycles. The van der Waals surface area contributed by atoms with Crippen LogP contribution in [0.2, 0.25) is 0 Å². The van der Waals surface area contributed by atoms with Gasteiger partial charge in [-0.1, -0.05) is 18.2 Å². The Morgan fingerprint density at radius 2 is 2.00 bits per heavy atom. The standard InChI is InChI=1S/C15H15N5O/c16-12(14(21)20-15-17-6-3-7-18-15)8-10-9-19-13-5-2-1-4-11(10)13/h1-7,9,12,19H,8,16H2,(H,17,18,20,21). The van der Waals surface area contributed by atoms with E-state index in [1.54, 1.807) is 18.5 Å². The summed E-state index contributed by atoms with van der Waals surface area (Å²) in [6.45, 7) is 0. The Kier molecular flexibility index (Phi) is 3.61. The van der Waals surface area contributed by atoms with Crippen molar-refractivity contribution in [1.82, 2.24) is 15.0 Å². The molecule has 2 heterocycles. The quantitative estimate of drug-likeness (QED) is 0.674. The van der Waals surface area contributed by atoms with Crippen molar-refractivity contribution in [3.05, 3.63) is 54.5 Å². The molecule has 0 saturated heterocycles. The highest BCUT2D eigenvalue weighted by atomic mass is 16.2. The normalized spacial score (nSPS) is 12.2. The van der Waals surface area contributed by atoms with E-state index in [-0.39, 0.29) is 11.9 Å². The molecule has 0 saturated carbocycles. The molecule has 6 heteroatoms. The van der Waals surface area contributed by atoms with Crippen LogP contribution in [0, 0.1) is 0 Å². The summed E-state index contributed by atoms with van der Waals surface area (Å²) >= 11 is 0. The average Bonchev–Trinajstić information content (AvgIpc) is 2.91. The fourth-order valence-electron chi connectivity index (χ4n) is 2.20. The third-order valence-corrected chi connectivity index (χ3v) is 3.25. The lowest BCUT2D eigenvalue weighted by atomic mass is 10.1. The van der Waals surface area contributed by atoms with E-state index in [1.165, 1.54) is 0 Å². The molecular weight excluding hydrogens is 266 g/mol. The number of H-pyrrole nitrogens is 1. The summed E-state index contributed by atoms with van der Waals surface area (Å²) in [5.41, 5.74) is 8.02. The van der Waals surface area contributed by atoms with E-state index in [2.05, 4.69) is 20.3 Å². The summed E-state index contributed by atoms with van der Waals surface area (Å²) in [5, 5.41) is 3.69. The molecule has 0 bridgehead atoms. The predicted molar refractivity (Wildman–Crippen MR) is 80.6 cm³/mol. The monoisotopic (exact) mass is 281 g/mol. The van der Waals surface area contributed by atoms with Crippen LogP contribution in [-0.2, 0) is 11.2 Å². The molecule has 0 fully saturated rings. The molecule has 0 spiro atoms. The van der Waals surface area contributed by atoms with Crippen molar-refractivity contribution in [1.29, 1.82) is 0 Å². The summed E-state index contributed by atoms with van der Waals surface area (Å²) in [7, 11) is 0. The van der Waals surface area contributed by atoms with Gasteiger partial charge in [-0.15, -0.1) is 0 Å². The van der Waals surface area contributed by atoms with Gasteiger partial charge in [0.05, 0.1) is 6.04 Å². The molecule has 2 aromatic heterocycles. The van der Waals surface area contributed by atoms with Crippen molar-refractivity contribution >= 4 is 22.8 Å². The van der Waals surface area contributed by atoms with E-state index in [4.69, 9.17) is 5.73 Å². The molecule has 21 heavy (non-hydrogen) atoms. The summed E-state index contributed by atoms with van der Waals surface area (Å²) in [6, 6.07) is 8.94. The van der Waals surface area contributed by atoms with Gasteiger partial charge in [0.1, 0.15) is 0 Å². The van der Waals surface area contributed by atoms with Crippen molar-refractivity contribution in [2.75, 3.05) is 5.32 Å². The second-order valence-corrected chi connectivity index (χ2v) is 4.73. The first-order valence-corrected chi connectivity index (χ1v) is 6.62. The fourth-order valence-corrected chi connectivity index (χ4v) is 2.20. The number of para-hydroxylation sites is 1. The minimum atomic E-state index is -0.659. The van der Waals surface area contributed by atoms with Crippen molar-refractivity contribution in [2.24, 2.45) is 5.73 Å². The topological polar surface area (TPSA) is 96.7 Å². The number of aromatic nitrogens is 3. The Hall–Kier alpha value is -2.73. The van der Waals surface area contributed by atoms with Crippen molar-refractivity contribution < 1.29 is 4.79 Å². The third kappa shape index (κ3) is 2.90. The molecule has 0 radical (unpaired) electrons. The zero-order valence-electron chi connectivity index (χ0n) is 11.3. The first-order valence-electron chi connectivity index (χ1n) is 6.62. The average molecular weight is 281 g/mol. The number of nitrogens with one attached hydrogen (secondary N) is 2. The molecule has 1 atom stereocenters. The van der Waals surface area contributed by atoms with Crippen LogP contribution in [0.25, 0.3) is 10.9 Å². The van der Waals surface area contributed by atoms with Gasteiger partial charge in [0.25, 0.3) is 0 Å². The van der Waals surface area contributed by atoms with E-state index in [1.807, 2.05) is 30.5 Å². The zero-order chi connectivity index (χ0) is 14.7. The number of hydrogen-bond acceptors (Lipinski definition) is 4. The van der Waals surface area contributed by atoms with E-state index >= 15 is 0 Å². The van der Waals surface area contributed by atoms with Gasteiger partial charge < -0.3 is 10.7 Å². The molecule has 6 nitrogen and oxygen atoms in total. The van der Waals surface area contributed by atoms with Crippen LogP contribution in [0.1, 0.15) is 5.56 Å². The number of anilines is 1. The number of nitrogens with two attached hydrogens (primary N) is 1. The van der Waals surface area contributed by atoms with Gasteiger partial charge >= 0.3 is 0 Å². The van der Waals surface area contributed by atoms with Crippen molar-refractivity contribution in [3.63, 3.8) is 0 Å². The summed E-state index contributed by atoms with van der Waals surface area (Å²) in [5.74, 6) is -0.0386. The number of carbonyl (C=O) groups excluding carboxylic acids is 1. The molecule has 0 aliphatic heterocycles. The highest BCUT2D eigenvalue weighted by molar-refractivity contribution is 5.94. The van der Waals surface area contributed by atoms with Gasteiger partial charge in [-0.25, -0.2) is 9.97 Å². The Morgan fingerprint density at radius 1 is 1.24 bits per heavy atom. The summed E-state index contributed by atoms with van der Waals surface area (Å²) in [6.07, 6.45) is 5.46. The van der Waals surface area contributed by atoms with E-state index < -0.39 is 6.04 Å². The van der Waals surface area contributed by atoms with E-state index in [0.29, 0.717) is 6.42 Å². The number of carbonyl (C=O) groups is 1. The molecule has 1 unspecified atom stereocenters. The number of benzene rings is 1. The SMILES string of the molecule is NC(Cc1c[nH]c2ccccc12)C(=O)Nc1ncccn1. The van der Waals surface area contributed by atoms with Gasteiger partial charge in [-0.05, 0) is 24.1 Å². The number of fused-ring (bicyclic) bond motifs is 1. The smallest absolute Gasteiger partial charge is 0.243 e. The number of amides is 1. The first kappa shape index (κ1) is 13.3. The van der Waals surface area contributed by atoms with Crippen LogP contribution in [-0.4, -0.2) is 26.9 Å². The Bertz CT molecular complexity index is 753. The molecule has 0 aliphatic rings. The number of rotatable bonds is 4. The summed E-state index contributed by atoms with van der Waals surface area (Å²) in [4.78, 5) is 23.1. The van der Waals surface area contributed by atoms with E-state index in [0.717, 1.165) is 16.5 Å². The van der Waals surface area contributed by atoms with Gasteiger partial charge in [0.15, 0.2) is 0 Å². The van der Waals surface area contributed by atoms with Gasteiger partial charge in [0.2, 0.25) is 11.9 Å². The lowest BCUT2D eigenvalue weighted by Gasteiger charge is -2.10. The van der Waals surface area contributed by atoms with Crippen LogP contribution < -0.4 is 11.1 Å². The van der Waals surface area contributed by atoms with Crippen LogP contribution in [0.15, 0.2) is 48.9 Å². The maximum absolute atomic E-state index is 12.0. The lowest BCUT2D eigenvalue weighted by molar-refractivity contribution is -0.117. The number of nitrogens with zero attached hydrogens (tertiary/aromatic N) is 2. The second-order valence-electron chi connectivity index (χ2n) is 4.73. The minimum absolute atomic E-state index is 0.261. The van der Waals surface area contributed by atoms with E-state index in [9.17, 15) is 4.79 Å². The van der Waals surface area contributed by atoms with Crippen molar-refractivity contribution in [3.8, 4) is 0 Å². The van der Waals surface area contributed by atoms with Gasteiger partial charge in [-0.3, -0.25) is 10.1 Å². The van der Waals surface area contributed by atoms with Crippen molar-refractivity contribution in [2.45, 2.75) is 12.5 Å². The maximum Gasteiger partial charge on any atom is 0.243 e. The maximum atomic E-state index is 12.0. The highest BCUT2D eigenvalue weighted by Gasteiger charge is 2.17. The van der Waals surface area contributed by atoms with Crippen LogP contribution >= 0.6 is 0 Å². The Morgan fingerprint density at radius 3 is 2.81 bits per heavy atom. The molecular formula is C15H15N5O. The third-order valence-electron chi connectivity index (χ3n) is 3.25. The largest absolute Gasteiger partial charge is 0.361 e. The highest BCUT2D eigenvalue weighted by Crippen LogP contribution is 2.18. The molecule has 106 valence electrons. The predicted octanol–water partition coefficient (Wildman–Crippen LogP) is 1.47. The second kappa shape index (κ2) is 5.72. The molecule has 3 aromatic rings. The van der Waals surface area contributed by atoms with Gasteiger partial charge in [0, 0.05) is 29.5 Å². The van der Waals surface area contributed by atoms with Crippen LogP contribution in [0.3, 0.4) is 0 Å². The van der Waals surface area contributed by atoms with Crippen LogP contribution in [0.5, 0.6) is 0 Å².